The van der Waals surface area contributed by atoms with Crippen molar-refractivity contribution in [2.24, 2.45) is 0 Å². The second-order valence-corrected chi connectivity index (χ2v) is 3.82. The van der Waals surface area contributed by atoms with E-state index in [9.17, 15) is 0 Å². The van der Waals surface area contributed by atoms with E-state index in [1.54, 1.807) is 24.5 Å². The molecule has 0 saturated heterocycles. The Morgan fingerprint density at radius 3 is 2.75 bits per heavy atom. The number of ether oxygens (including phenoxy) is 1. The van der Waals surface area contributed by atoms with E-state index in [1.165, 1.54) is 0 Å². The van der Waals surface area contributed by atoms with Crippen molar-refractivity contribution in [3.8, 4) is 11.5 Å². The molecule has 0 aliphatic heterocycles. The number of aromatic nitrogens is 1. The van der Waals surface area contributed by atoms with Gasteiger partial charge in [0.1, 0.15) is 11.5 Å². The van der Waals surface area contributed by atoms with Crippen LogP contribution < -0.4 is 4.74 Å². The van der Waals surface area contributed by atoms with Gasteiger partial charge in [-0.05, 0) is 24.3 Å². The highest BCUT2D eigenvalue weighted by Crippen LogP contribution is 2.31. The number of halogens is 2. The highest BCUT2D eigenvalue weighted by Gasteiger charge is 2.07. The van der Waals surface area contributed by atoms with E-state index >= 15 is 0 Å². The number of hydrogen-bond acceptors (Lipinski definition) is 2. The number of alkyl halides is 1. The maximum Gasteiger partial charge on any atom is 0.145 e. The maximum absolute atomic E-state index is 6.02. The Hall–Kier alpha value is -1.25. The third-order valence-corrected chi connectivity index (χ3v) is 2.69. The van der Waals surface area contributed by atoms with Crippen molar-refractivity contribution in [2.45, 2.75) is 5.88 Å². The molecule has 0 aliphatic carbocycles. The molecule has 0 bridgehead atoms. The summed E-state index contributed by atoms with van der Waals surface area (Å²) in [7, 11) is 0. The molecule has 0 saturated carbocycles. The molecule has 16 heavy (non-hydrogen) atoms. The third kappa shape index (κ3) is 2.46. The smallest absolute Gasteiger partial charge is 0.145 e. The van der Waals surface area contributed by atoms with Gasteiger partial charge in [0.25, 0.3) is 0 Å². The average Bonchev–Trinajstić information content (AvgIpc) is 2.31. The van der Waals surface area contributed by atoms with Gasteiger partial charge in [0, 0.05) is 16.8 Å². The summed E-state index contributed by atoms with van der Waals surface area (Å²) in [5, 5.41) is 0.608. The monoisotopic (exact) mass is 253 g/mol. The van der Waals surface area contributed by atoms with Crippen molar-refractivity contribution in [1.82, 2.24) is 4.98 Å². The normalized spacial score (nSPS) is 10.1. The summed E-state index contributed by atoms with van der Waals surface area (Å²) in [5.74, 6) is 1.64. The van der Waals surface area contributed by atoms with Crippen molar-refractivity contribution in [3.63, 3.8) is 0 Å². The molecule has 0 spiro atoms. The van der Waals surface area contributed by atoms with Crippen LogP contribution in [-0.4, -0.2) is 4.98 Å². The van der Waals surface area contributed by atoms with E-state index in [2.05, 4.69) is 4.98 Å². The van der Waals surface area contributed by atoms with Gasteiger partial charge in [-0.2, -0.15) is 0 Å². The van der Waals surface area contributed by atoms with E-state index in [0.717, 1.165) is 5.56 Å². The van der Waals surface area contributed by atoms with E-state index in [4.69, 9.17) is 27.9 Å². The zero-order valence-corrected chi connectivity index (χ0v) is 9.87. The van der Waals surface area contributed by atoms with Gasteiger partial charge >= 0.3 is 0 Å². The highest BCUT2D eigenvalue weighted by atomic mass is 35.5. The van der Waals surface area contributed by atoms with Gasteiger partial charge < -0.3 is 4.74 Å². The summed E-state index contributed by atoms with van der Waals surface area (Å²) in [4.78, 5) is 3.97. The molecular formula is C12H9Cl2NO. The lowest BCUT2D eigenvalue weighted by atomic mass is 10.2. The van der Waals surface area contributed by atoms with Crippen molar-refractivity contribution >= 4 is 23.2 Å². The molecule has 1 aromatic carbocycles. The molecule has 1 heterocycles. The predicted octanol–water partition coefficient (Wildman–Crippen LogP) is 4.27. The quantitative estimate of drug-likeness (QED) is 0.763. The number of nitrogens with zero attached hydrogens (tertiary/aromatic N) is 1. The molecule has 4 heteroatoms. The first-order valence-electron chi connectivity index (χ1n) is 4.72. The van der Waals surface area contributed by atoms with Crippen molar-refractivity contribution in [2.75, 3.05) is 0 Å². The number of hydrogen-bond donors (Lipinski definition) is 0. The van der Waals surface area contributed by atoms with Crippen LogP contribution in [0.2, 0.25) is 5.02 Å². The van der Waals surface area contributed by atoms with Gasteiger partial charge in [-0.3, -0.25) is 4.98 Å². The molecule has 2 nitrogen and oxygen atoms in total. The second kappa shape index (κ2) is 5.19. The first-order valence-corrected chi connectivity index (χ1v) is 5.63. The highest BCUT2D eigenvalue weighted by molar-refractivity contribution is 6.32. The Bertz CT molecular complexity index is 474. The van der Waals surface area contributed by atoms with Crippen LogP contribution in [0.5, 0.6) is 11.5 Å². The average molecular weight is 254 g/mol. The summed E-state index contributed by atoms with van der Waals surface area (Å²) >= 11 is 11.8. The molecule has 0 N–H and O–H groups in total. The molecule has 0 radical (unpaired) electrons. The van der Waals surface area contributed by atoms with Crippen LogP contribution in [0.15, 0.2) is 42.7 Å². The summed E-state index contributed by atoms with van der Waals surface area (Å²) in [5.41, 5.74) is 0.787. The van der Waals surface area contributed by atoms with Gasteiger partial charge in [0.15, 0.2) is 0 Å². The van der Waals surface area contributed by atoms with Crippen LogP contribution >= 0.6 is 23.2 Å². The summed E-state index contributed by atoms with van der Waals surface area (Å²) in [6.45, 7) is 0. The lowest BCUT2D eigenvalue weighted by molar-refractivity contribution is 0.476. The summed E-state index contributed by atoms with van der Waals surface area (Å²) < 4.78 is 5.65. The van der Waals surface area contributed by atoms with E-state index in [1.807, 2.05) is 18.2 Å². The SMILES string of the molecule is ClCc1c(Cl)cccc1Oc1cccnc1. The molecule has 1 aromatic heterocycles. The van der Waals surface area contributed by atoms with Crippen LogP contribution in [0.25, 0.3) is 0 Å². The molecule has 0 atom stereocenters. The topological polar surface area (TPSA) is 22.1 Å². The summed E-state index contributed by atoms with van der Waals surface area (Å²) in [6.07, 6.45) is 3.33. The van der Waals surface area contributed by atoms with E-state index < -0.39 is 0 Å². The lowest BCUT2D eigenvalue weighted by Crippen LogP contribution is -1.90. The van der Waals surface area contributed by atoms with Gasteiger partial charge in [-0.15, -0.1) is 11.6 Å². The zero-order chi connectivity index (χ0) is 11.4. The predicted molar refractivity (Wildman–Crippen MR) is 65.3 cm³/mol. The largest absolute Gasteiger partial charge is 0.455 e. The molecule has 0 amide bonds. The Morgan fingerprint density at radius 2 is 2.06 bits per heavy atom. The first-order chi connectivity index (χ1) is 7.81. The molecule has 0 aliphatic rings. The fraction of sp³-hybridized carbons (Fsp3) is 0.0833. The number of pyridine rings is 1. The van der Waals surface area contributed by atoms with Crippen molar-refractivity contribution < 1.29 is 4.74 Å². The number of rotatable bonds is 3. The standard InChI is InChI=1S/C12H9Cl2NO/c13-7-10-11(14)4-1-5-12(10)16-9-3-2-6-15-8-9/h1-6,8H,7H2. The fourth-order valence-corrected chi connectivity index (χ4v) is 1.88. The molecule has 0 unspecified atom stereocenters. The van der Waals surface area contributed by atoms with Crippen LogP contribution in [0.1, 0.15) is 5.56 Å². The molecule has 82 valence electrons. The Morgan fingerprint density at radius 1 is 1.19 bits per heavy atom. The zero-order valence-electron chi connectivity index (χ0n) is 8.36. The van der Waals surface area contributed by atoms with Gasteiger partial charge in [-0.25, -0.2) is 0 Å². The molecule has 2 rings (SSSR count). The Labute approximate surface area is 104 Å². The second-order valence-electron chi connectivity index (χ2n) is 3.14. The molecule has 2 aromatic rings. The third-order valence-electron chi connectivity index (χ3n) is 2.07. The number of benzene rings is 1. The minimum atomic E-state index is 0.315. The van der Waals surface area contributed by atoms with Crippen molar-refractivity contribution in [3.05, 3.63) is 53.3 Å². The minimum Gasteiger partial charge on any atom is -0.455 e. The Balaban J connectivity index is 2.31. The van der Waals surface area contributed by atoms with Crippen LogP contribution in [-0.2, 0) is 5.88 Å². The molecule has 0 fully saturated rings. The van der Waals surface area contributed by atoms with Crippen LogP contribution in [0.3, 0.4) is 0 Å². The lowest BCUT2D eigenvalue weighted by Gasteiger charge is -2.10. The summed E-state index contributed by atoms with van der Waals surface area (Å²) in [6, 6.07) is 9.07. The van der Waals surface area contributed by atoms with Gasteiger partial charge in [-0.1, -0.05) is 17.7 Å². The fourth-order valence-electron chi connectivity index (χ4n) is 1.30. The van der Waals surface area contributed by atoms with E-state index in [-0.39, 0.29) is 0 Å². The molecular weight excluding hydrogens is 245 g/mol. The minimum absolute atomic E-state index is 0.315. The van der Waals surface area contributed by atoms with Gasteiger partial charge in [0.05, 0.1) is 12.1 Å². The van der Waals surface area contributed by atoms with E-state index in [0.29, 0.717) is 22.4 Å². The van der Waals surface area contributed by atoms with Crippen LogP contribution in [0, 0.1) is 0 Å². The van der Waals surface area contributed by atoms with Crippen molar-refractivity contribution in [1.29, 1.82) is 0 Å². The first kappa shape index (κ1) is 11.2. The van der Waals surface area contributed by atoms with Crippen LogP contribution in [0.4, 0.5) is 0 Å². The van der Waals surface area contributed by atoms with Gasteiger partial charge in [0.2, 0.25) is 0 Å². The maximum atomic E-state index is 6.02. The Kier molecular flexibility index (Phi) is 3.65.